The van der Waals surface area contributed by atoms with E-state index < -0.39 is 0 Å². The highest BCUT2D eigenvalue weighted by atomic mass is 16.5. The molecule has 0 spiro atoms. The number of hydrogen-bond acceptors (Lipinski definition) is 6. The fourth-order valence-electron chi connectivity index (χ4n) is 4.97. The minimum absolute atomic E-state index is 0.314. The van der Waals surface area contributed by atoms with Gasteiger partial charge >= 0.3 is 0 Å². The van der Waals surface area contributed by atoms with Crippen LogP contribution in [0.5, 0.6) is 5.75 Å². The van der Waals surface area contributed by atoms with Crippen molar-refractivity contribution in [2.45, 2.75) is 70.2 Å². The van der Waals surface area contributed by atoms with Crippen molar-refractivity contribution >= 4 is 0 Å². The molecule has 7 heteroatoms. The molecule has 3 aromatic rings. The van der Waals surface area contributed by atoms with Gasteiger partial charge < -0.3 is 15.4 Å². The smallest absolute Gasteiger partial charge is 0.153 e. The third-order valence-corrected chi connectivity index (χ3v) is 6.68. The van der Waals surface area contributed by atoms with Gasteiger partial charge in [-0.05, 0) is 86.2 Å². The summed E-state index contributed by atoms with van der Waals surface area (Å²) in [6.07, 6.45) is 7.45. The van der Waals surface area contributed by atoms with Crippen LogP contribution in [0.2, 0.25) is 0 Å². The SMILES string of the molecule is Cc1nnnn1-c1ccc(OC2CCCC2)c(CN[C@H]2CCCN[C@H]2c2ccccc2)c1. The maximum Gasteiger partial charge on any atom is 0.153 e. The van der Waals surface area contributed by atoms with Gasteiger partial charge in [0.05, 0.1) is 11.8 Å². The third kappa shape index (κ3) is 4.69. The molecule has 2 heterocycles. The molecule has 1 saturated carbocycles. The molecule has 168 valence electrons. The number of rotatable bonds is 7. The number of hydrogen-bond donors (Lipinski definition) is 2. The molecule has 7 nitrogen and oxygen atoms in total. The van der Waals surface area contributed by atoms with Crippen LogP contribution in [0.15, 0.2) is 48.5 Å². The third-order valence-electron chi connectivity index (χ3n) is 6.68. The Bertz CT molecular complexity index is 1010. The second-order valence-corrected chi connectivity index (χ2v) is 8.93. The molecule has 0 radical (unpaired) electrons. The van der Waals surface area contributed by atoms with E-state index in [1.54, 1.807) is 4.68 Å². The first-order valence-corrected chi connectivity index (χ1v) is 11.8. The summed E-state index contributed by atoms with van der Waals surface area (Å²) in [4.78, 5) is 0. The first kappa shape index (κ1) is 21.1. The number of nitrogens with one attached hydrogen (secondary N) is 2. The summed E-state index contributed by atoms with van der Waals surface area (Å²) in [6, 6.07) is 17.7. The minimum atomic E-state index is 0.314. The van der Waals surface area contributed by atoms with Gasteiger partial charge in [-0.25, -0.2) is 0 Å². The highest BCUT2D eigenvalue weighted by molar-refractivity contribution is 5.44. The van der Waals surface area contributed by atoms with Crippen molar-refractivity contribution in [3.05, 3.63) is 65.5 Å². The summed E-state index contributed by atoms with van der Waals surface area (Å²) in [5.74, 6) is 1.74. The predicted octanol–water partition coefficient (Wildman–Crippen LogP) is 3.88. The van der Waals surface area contributed by atoms with Crippen LogP contribution < -0.4 is 15.4 Å². The molecule has 1 aliphatic heterocycles. The lowest BCUT2D eigenvalue weighted by molar-refractivity contribution is 0.206. The van der Waals surface area contributed by atoms with Crippen LogP contribution in [-0.4, -0.2) is 38.9 Å². The van der Waals surface area contributed by atoms with Crippen LogP contribution in [0.1, 0.15) is 61.5 Å². The van der Waals surface area contributed by atoms with E-state index in [9.17, 15) is 0 Å². The predicted molar refractivity (Wildman–Crippen MR) is 124 cm³/mol. The van der Waals surface area contributed by atoms with Crippen molar-refractivity contribution in [3.63, 3.8) is 0 Å². The lowest BCUT2D eigenvalue weighted by atomic mass is 9.92. The van der Waals surface area contributed by atoms with Gasteiger partial charge in [-0.1, -0.05) is 30.3 Å². The zero-order valence-corrected chi connectivity index (χ0v) is 18.7. The number of ether oxygens (including phenoxy) is 1. The number of benzene rings is 2. The van der Waals surface area contributed by atoms with E-state index in [-0.39, 0.29) is 0 Å². The average Bonchev–Trinajstić information content (AvgIpc) is 3.51. The number of tetrazole rings is 1. The van der Waals surface area contributed by atoms with Crippen LogP contribution in [0, 0.1) is 6.92 Å². The Morgan fingerprint density at radius 3 is 2.69 bits per heavy atom. The standard InChI is InChI=1S/C25H32N6O/c1-18-28-29-30-31(18)21-13-14-24(32-22-10-5-6-11-22)20(16-21)17-27-23-12-7-15-26-25(23)19-8-3-2-4-9-19/h2-4,8-9,13-14,16,22-23,25-27H,5-7,10-12,15,17H2,1H3/t23-,25-/m0/s1. The van der Waals surface area contributed by atoms with Gasteiger partial charge in [0.1, 0.15) is 5.75 Å². The van der Waals surface area contributed by atoms with E-state index in [1.807, 2.05) is 13.0 Å². The van der Waals surface area contributed by atoms with Crippen molar-refractivity contribution in [1.82, 2.24) is 30.8 Å². The lowest BCUT2D eigenvalue weighted by Gasteiger charge is -2.34. The van der Waals surface area contributed by atoms with Gasteiger partial charge in [0.15, 0.2) is 5.82 Å². The van der Waals surface area contributed by atoms with Gasteiger partial charge in [0.25, 0.3) is 0 Å². The normalized spacial score (nSPS) is 21.7. The van der Waals surface area contributed by atoms with Crippen LogP contribution in [-0.2, 0) is 6.54 Å². The highest BCUT2D eigenvalue weighted by Crippen LogP contribution is 2.30. The largest absolute Gasteiger partial charge is 0.490 e. The molecule has 0 bridgehead atoms. The fourth-order valence-corrected chi connectivity index (χ4v) is 4.97. The zero-order valence-electron chi connectivity index (χ0n) is 18.7. The Balaban J connectivity index is 1.38. The first-order chi connectivity index (χ1) is 15.8. The van der Waals surface area contributed by atoms with Crippen molar-refractivity contribution in [3.8, 4) is 11.4 Å². The summed E-state index contributed by atoms with van der Waals surface area (Å²) >= 11 is 0. The van der Waals surface area contributed by atoms with E-state index in [4.69, 9.17) is 4.74 Å². The number of piperidine rings is 1. The zero-order chi connectivity index (χ0) is 21.8. The highest BCUT2D eigenvalue weighted by Gasteiger charge is 2.26. The van der Waals surface area contributed by atoms with E-state index in [2.05, 4.69) is 68.6 Å². The van der Waals surface area contributed by atoms with Crippen molar-refractivity contribution in [2.75, 3.05) is 6.54 Å². The quantitative estimate of drug-likeness (QED) is 0.590. The first-order valence-electron chi connectivity index (χ1n) is 11.8. The van der Waals surface area contributed by atoms with Crippen LogP contribution in [0.3, 0.4) is 0 Å². The molecule has 1 aliphatic carbocycles. The number of nitrogens with zero attached hydrogens (tertiary/aromatic N) is 4. The Hall–Kier alpha value is -2.77. The number of aromatic nitrogens is 4. The van der Waals surface area contributed by atoms with E-state index >= 15 is 0 Å². The van der Waals surface area contributed by atoms with Crippen LogP contribution >= 0.6 is 0 Å². The number of aryl methyl sites for hydroxylation is 1. The van der Waals surface area contributed by atoms with E-state index in [1.165, 1.54) is 24.8 Å². The van der Waals surface area contributed by atoms with Gasteiger partial charge in [-0.15, -0.1) is 5.10 Å². The maximum absolute atomic E-state index is 6.44. The summed E-state index contributed by atoms with van der Waals surface area (Å²) in [6.45, 7) is 3.72. The molecule has 32 heavy (non-hydrogen) atoms. The molecule has 2 N–H and O–H groups in total. The van der Waals surface area contributed by atoms with Crippen molar-refractivity contribution < 1.29 is 4.74 Å². The monoisotopic (exact) mass is 432 g/mol. The molecular weight excluding hydrogens is 400 g/mol. The van der Waals surface area contributed by atoms with Gasteiger partial charge in [-0.3, -0.25) is 0 Å². The summed E-state index contributed by atoms with van der Waals surface area (Å²) in [5, 5.41) is 19.5. The molecule has 1 saturated heterocycles. The molecule has 2 aliphatic rings. The topological polar surface area (TPSA) is 76.9 Å². The van der Waals surface area contributed by atoms with Gasteiger partial charge in [-0.2, -0.15) is 4.68 Å². The lowest BCUT2D eigenvalue weighted by Crippen LogP contribution is -2.45. The molecule has 5 rings (SSSR count). The Morgan fingerprint density at radius 2 is 1.91 bits per heavy atom. The average molecular weight is 433 g/mol. The van der Waals surface area contributed by atoms with Crippen molar-refractivity contribution in [1.29, 1.82) is 0 Å². The van der Waals surface area contributed by atoms with Gasteiger partial charge in [0, 0.05) is 24.2 Å². The Kier molecular flexibility index (Phi) is 6.46. The second kappa shape index (κ2) is 9.79. The Labute approximate surface area is 189 Å². The minimum Gasteiger partial charge on any atom is -0.490 e. The van der Waals surface area contributed by atoms with Crippen LogP contribution in [0.4, 0.5) is 0 Å². The molecule has 2 atom stereocenters. The summed E-state index contributed by atoms with van der Waals surface area (Å²) in [5.41, 5.74) is 3.45. The van der Waals surface area contributed by atoms with Crippen molar-refractivity contribution in [2.24, 2.45) is 0 Å². The molecule has 2 fully saturated rings. The Morgan fingerprint density at radius 1 is 1.06 bits per heavy atom. The molecule has 0 amide bonds. The van der Waals surface area contributed by atoms with E-state index in [0.717, 1.165) is 55.2 Å². The van der Waals surface area contributed by atoms with Crippen LogP contribution in [0.25, 0.3) is 5.69 Å². The van der Waals surface area contributed by atoms with Gasteiger partial charge in [0.2, 0.25) is 0 Å². The fraction of sp³-hybridized carbons (Fsp3) is 0.480. The second-order valence-electron chi connectivity index (χ2n) is 8.93. The molecular formula is C25H32N6O. The molecule has 0 unspecified atom stereocenters. The molecule has 2 aromatic carbocycles. The summed E-state index contributed by atoms with van der Waals surface area (Å²) in [7, 11) is 0. The van der Waals surface area contributed by atoms with E-state index in [0.29, 0.717) is 18.2 Å². The summed E-state index contributed by atoms with van der Waals surface area (Å²) < 4.78 is 8.22. The molecule has 1 aromatic heterocycles. The maximum atomic E-state index is 6.44.